The van der Waals surface area contributed by atoms with Crippen LogP contribution < -0.4 is 11.1 Å². The lowest BCUT2D eigenvalue weighted by atomic mass is 10.2. The summed E-state index contributed by atoms with van der Waals surface area (Å²) in [6.07, 6.45) is 7.44. The number of hydrogen-bond acceptors (Lipinski definition) is 6. The van der Waals surface area contributed by atoms with Gasteiger partial charge in [-0.3, -0.25) is 9.78 Å². The van der Waals surface area contributed by atoms with Crippen molar-refractivity contribution in [1.29, 1.82) is 0 Å². The molecule has 3 N–H and O–H groups in total. The minimum absolute atomic E-state index is 0.00394. The zero-order valence-corrected chi connectivity index (χ0v) is 18.7. The Hall–Kier alpha value is -3.51. The van der Waals surface area contributed by atoms with Gasteiger partial charge in [0.05, 0.1) is 11.8 Å². The van der Waals surface area contributed by atoms with Crippen LogP contribution in [0.25, 0.3) is 10.9 Å². The van der Waals surface area contributed by atoms with Gasteiger partial charge in [-0.25, -0.2) is 18.2 Å². The third-order valence-electron chi connectivity index (χ3n) is 5.56. The van der Waals surface area contributed by atoms with Crippen LogP contribution in [0.15, 0.2) is 60.1 Å². The number of aryl methyl sites for hydroxylation is 1. The summed E-state index contributed by atoms with van der Waals surface area (Å²) in [4.78, 5) is 34.4. The van der Waals surface area contributed by atoms with Crippen molar-refractivity contribution in [2.75, 3.05) is 26.2 Å². The number of urea groups is 1. The molecule has 1 aromatic carbocycles. The first-order chi connectivity index (χ1) is 15.9. The third kappa shape index (κ3) is 4.81. The average molecular weight is 472 g/mol. The molecule has 3 heterocycles. The minimum Gasteiger partial charge on any atom is -0.368 e. The van der Waals surface area contributed by atoms with E-state index < -0.39 is 22.0 Å². The van der Waals surface area contributed by atoms with E-state index in [0.717, 1.165) is 4.31 Å². The van der Waals surface area contributed by atoms with Crippen LogP contribution in [0, 0.1) is 0 Å². The lowest BCUT2D eigenvalue weighted by Gasteiger charge is -2.38. The van der Waals surface area contributed by atoms with Gasteiger partial charge in [-0.15, -0.1) is 0 Å². The monoisotopic (exact) mass is 471 g/mol. The molecule has 1 fully saturated rings. The van der Waals surface area contributed by atoms with Gasteiger partial charge >= 0.3 is 6.03 Å². The van der Waals surface area contributed by atoms with Crippen molar-refractivity contribution >= 4 is 32.9 Å². The van der Waals surface area contributed by atoms with E-state index >= 15 is 0 Å². The molecular formula is C21H25N7O4S. The number of benzene rings is 1. The van der Waals surface area contributed by atoms with E-state index in [9.17, 15) is 18.0 Å². The molecule has 174 valence electrons. The number of hydrogen-bond donors (Lipinski definition) is 2. The van der Waals surface area contributed by atoms with E-state index in [-0.39, 0.29) is 30.6 Å². The minimum atomic E-state index is -4.08. The van der Waals surface area contributed by atoms with Gasteiger partial charge in [0.15, 0.2) is 0 Å². The molecule has 3 aromatic rings. The number of nitrogens with one attached hydrogen (secondary N) is 1. The highest BCUT2D eigenvalue weighted by Gasteiger charge is 2.41. The Kier molecular flexibility index (Phi) is 6.56. The van der Waals surface area contributed by atoms with Gasteiger partial charge in [-0.1, -0.05) is 18.2 Å². The van der Waals surface area contributed by atoms with Crippen LogP contribution >= 0.6 is 0 Å². The maximum Gasteiger partial charge on any atom is 0.317 e. The molecule has 12 heteroatoms. The topological polar surface area (TPSA) is 144 Å². The number of carbonyl (C=O) groups excluding carboxylic acids is 2. The molecule has 1 aliphatic heterocycles. The van der Waals surface area contributed by atoms with Crippen molar-refractivity contribution in [3.05, 3.63) is 55.2 Å². The summed E-state index contributed by atoms with van der Waals surface area (Å²) in [6.45, 7) is 1.09. The summed E-state index contributed by atoms with van der Waals surface area (Å²) in [6, 6.07) is 6.79. The zero-order valence-electron chi connectivity index (χ0n) is 17.9. The highest BCUT2D eigenvalue weighted by atomic mass is 32.2. The lowest BCUT2D eigenvalue weighted by molar-refractivity contribution is -0.122. The number of imidazole rings is 1. The second kappa shape index (κ2) is 9.55. The Morgan fingerprint density at radius 2 is 1.97 bits per heavy atom. The number of nitrogens with two attached hydrogens (primary N) is 1. The molecule has 4 rings (SSSR count). The molecule has 0 saturated carbocycles. The molecule has 11 nitrogen and oxygen atoms in total. The third-order valence-corrected chi connectivity index (χ3v) is 7.50. The maximum atomic E-state index is 13.5. The summed E-state index contributed by atoms with van der Waals surface area (Å²) >= 11 is 0. The van der Waals surface area contributed by atoms with Gasteiger partial charge in [-0.05, 0) is 18.6 Å². The number of pyridine rings is 1. The number of nitrogens with zero attached hydrogens (tertiary/aromatic N) is 5. The van der Waals surface area contributed by atoms with E-state index in [1.807, 2.05) is 10.8 Å². The van der Waals surface area contributed by atoms with Crippen LogP contribution in [0.2, 0.25) is 0 Å². The SMILES string of the molecule is NC(=O)C1CN(C(=O)NCCCn2ccnc2)CCN1S(=O)(=O)c1cccc2cccnc12. The van der Waals surface area contributed by atoms with Crippen molar-refractivity contribution in [2.24, 2.45) is 5.73 Å². The summed E-state index contributed by atoms with van der Waals surface area (Å²) in [5, 5.41) is 3.48. The lowest BCUT2D eigenvalue weighted by Crippen LogP contribution is -2.62. The average Bonchev–Trinajstić information content (AvgIpc) is 3.34. The molecule has 1 atom stereocenters. The Morgan fingerprint density at radius 1 is 1.15 bits per heavy atom. The number of para-hydroxylation sites is 1. The number of rotatable bonds is 7. The Morgan fingerprint density at radius 3 is 2.73 bits per heavy atom. The van der Waals surface area contributed by atoms with Crippen molar-refractivity contribution < 1.29 is 18.0 Å². The number of carbonyl (C=O) groups is 2. The van der Waals surface area contributed by atoms with Crippen LogP contribution in [0.4, 0.5) is 4.79 Å². The van der Waals surface area contributed by atoms with Gasteiger partial charge in [-0.2, -0.15) is 4.31 Å². The van der Waals surface area contributed by atoms with Crippen molar-refractivity contribution in [2.45, 2.75) is 23.9 Å². The highest BCUT2D eigenvalue weighted by Crippen LogP contribution is 2.27. The summed E-state index contributed by atoms with van der Waals surface area (Å²) in [5.74, 6) is -0.815. The van der Waals surface area contributed by atoms with Gasteiger partial charge < -0.3 is 20.5 Å². The molecule has 1 saturated heterocycles. The molecule has 33 heavy (non-hydrogen) atoms. The van der Waals surface area contributed by atoms with Gasteiger partial charge in [0.25, 0.3) is 0 Å². The van der Waals surface area contributed by atoms with Gasteiger partial charge in [0.1, 0.15) is 10.9 Å². The van der Waals surface area contributed by atoms with Crippen molar-refractivity contribution in [3.63, 3.8) is 0 Å². The molecule has 3 amide bonds. The van der Waals surface area contributed by atoms with E-state index in [1.54, 1.807) is 36.8 Å². The molecule has 0 bridgehead atoms. The summed E-state index contributed by atoms with van der Waals surface area (Å²) < 4.78 is 29.9. The van der Waals surface area contributed by atoms with E-state index in [1.165, 1.54) is 17.2 Å². The van der Waals surface area contributed by atoms with Crippen LogP contribution in [0.1, 0.15) is 6.42 Å². The number of fused-ring (bicyclic) bond motifs is 1. The molecule has 1 aliphatic rings. The van der Waals surface area contributed by atoms with Crippen LogP contribution in [0.3, 0.4) is 0 Å². The Balaban J connectivity index is 1.45. The number of aromatic nitrogens is 3. The molecular weight excluding hydrogens is 446 g/mol. The molecule has 1 unspecified atom stereocenters. The second-order valence-electron chi connectivity index (χ2n) is 7.70. The van der Waals surface area contributed by atoms with Crippen molar-refractivity contribution in [1.82, 2.24) is 29.1 Å². The van der Waals surface area contributed by atoms with Crippen LogP contribution in [0.5, 0.6) is 0 Å². The van der Waals surface area contributed by atoms with Gasteiger partial charge in [0.2, 0.25) is 15.9 Å². The zero-order chi connectivity index (χ0) is 23.4. The largest absolute Gasteiger partial charge is 0.368 e. The molecule has 0 spiro atoms. The van der Waals surface area contributed by atoms with Crippen LogP contribution in [-0.4, -0.2) is 76.3 Å². The van der Waals surface area contributed by atoms with E-state index in [0.29, 0.717) is 30.4 Å². The van der Waals surface area contributed by atoms with Gasteiger partial charge in [0, 0.05) is 56.7 Å². The quantitative estimate of drug-likeness (QED) is 0.477. The summed E-state index contributed by atoms with van der Waals surface area (Å²) in [7, 11) is -4.08. The smallest absolute Gasteiger partial charge is 0.317 e. The van der Waals surface area contributed by atoms with E-state index in [2.05, 4.69) is 15.3 Å². The first kappa shape index (κ1) is 22.7. The number of amides is 3. The summed E-state index contributed by atoms with van der Waals surface area (Å²) in [5.41, 5.74) is 5.88. The first-order valence-corrected chi connectivity index (χ1v) is 12.0. The fourth-order valence-electron chi connectivity index (χ4n) is 3.87. The fourth-order valence-corrected chi connectivity index (χ4v) is 5.61. The van der Waals surface area contributed by atoms with Crippen molar-refractivity contribution in [3.8, 4) is 0 Å². The Bertz CT molecular complexity index is 1240. The number of sulfonamides is 1. The normalized spacial score (nSPS) is 17.2. The second-order valence-corrected chi connectivity index (χ2v) is 9.56. The Labute approximate surface area is 191 Å². The first-order valence-electron chi connectivity index (χ1n) is 10.5. The number of piperazine rings is 1. The van der Waals surface area contributed by atoms with E-state index in [4.69, 9.17) is 5.73 Å². The molecule has 0 radical (unpaired) electrons. The van der Waals surface area contributed by atoms with Crippen LogP contribution in [-0.2, 0) is 21.4 Å². The number of primary amides is 1. The molecule has 2 aromatic heterocycles. The predicted molar refractivity (Wildman–Crippen MR) is 120 cm³/mol. The fraction of sp³-hybridized carbons (Fsp3) is 0.333. The highest BCUT2D eigenvalue weighted by molar-refractivity contribution is 7.89. The predicted octanol–water partition coefficient (Wildman–Crippen LogP) is 0.391. The maximum absolute atomic E-state index is 13.5. The molecule has 0 aliphatic carbocycles. The standard InChI is InChI=1S/C21H25N7O4S/c22-20(29)17-14-27(21(30)25-8-3-10-26-11-9-23-15-26)12-13-28(17)33(31,32)18-6-1-4-16-5-2-7-24-19(16)18/h1-2,4-7,9,11,15,17H,3,8,10,12-14H2,(H2,22,29)(H,25,30).